The van der Waals surface area contributed by atoms with Crippen molar-refractivity contribution in [1.29, 1.82) is 0 Å². The van der Waals surface area contributed by atoms with Crippen LogP contribution in [0.2, 0.25) is 0 Å². The van der Waals surface area contributed by atoms with Crippen LogP contribution in [0.15, 0.2) is 47.4 Å². The third kappa shape index (κ3) is 5.81. The molecule has 8 heteroatoms. The average Bonchev–Trinajstić information content (AvgIpc) is 2.76. The monoisotopic (exact) mass is 471 g/mol. The van der Waals surface area contributed by atoms with Crippen LogP contribution in [0.25, 0.3) is 0 Å². The van der Waals surface area contributed by atoms with Gasteiger partial charge < -0.3 is 10.2 Å². The summed E-state index contributed by atoms with van der Waals surface area (Å²) in [4.78, 5) is 26.6. The van der Waals surface area contributed by atoms with Crippen LogP contribution in [-0.2, 0) is 26.0 Å². The molecule has 2 aromatic rings. The molecule has 1 heterocycles. The first-order valence-corrected chi connectivity index (χ1v) is 12.8. The number of aryl methyl sites for hydroxylation is 1. The van der Waals surface area contributed by atoms with Gasteiger partial charge in [0.2, 0.25) is 21.8 Å². The Hall–Kier alpha value is -2.71. The quantitative estimate of drug-likeness (QED) is 0.637. The van der Waals surface area contributed by atoms with Gasteiger partial charge in [-0.3, -0.25) is 9.59 Å². The molecular formula is C25H33N3O4S. The lowest BCUT2D eigenvalue weighted by Gasteiger charge is -2.29. The van der Waals surface area contributed by atoms with Gasteiger partial charge >= 0.3 is 0 Å². The van der Waals surface area contributed by atoms with Crippen LogP contribution >= 0.6 is 0 Å². The van der Waals surface area contributed by atoms with Gasteiger partial charge in [-0.15, -0.1) is 0 Å². The molecule has 3 rings (SSSR count). The highest BCUT2D eigenvalue weighted by Crippen LogP contribution is 2.29. The summed E-state index contributed by atoms with van der Waals surface area (Å²) in [6.07, 6.45) is 1.47. The summed E-state index contributed by atoms with van der Waals surface area (Å²) in [7, 11) is -3.95. The van der Waals surface area contributed by atoms with Crippen molar-refractivity contribution < 1.29 is 18.0 Å². The van der Waals surface area contributed by atoms with E-state index in [1.54, 1.807) is 30.9 Å². The van der Waals surface area contributed by atoms with Crippen LogP contribution in [0.4, 0.5) is 11.4 Å². The molecule has 1 atom stereocenters. The number of anilines is 2. The smallest absolute Gasteiger partial charge is 0.242 e. The second-order valence-electron chi connectivity index (χ2n) is 9.17. The zero-order valence-electron chi connectivity index (χ0n) is 19.9. The average molecular weight is 472 g/mol. The minimum Gasteiger partial charge on any atom is -0.325 e. The molecule has 2 N–H and O–H groups in total. The van der Waals surface area contributed by atoms with E-state index in [1.807, 2.05) is 24.3 Å². The Bertz CT molecular complexity index is 1120. The Balaban J connectivity index is 1.79. The molecule has 0 saturated carbocycles. The molecule has 1 aliphatic heterocycles. The van der Waals surface area contributed by atoms with E-state index < -0.39 is 22.0 Å². The fourth-order valence-electron chi connectivity index (χ4n) is 3.97. The molecule has 2 aromatic carbocycles. The van der Waals surface area contributed by atoms with E-state index in [9.17, 15) is 18.0 Å². The molecule has 0 fully saturated rings. The molecule has 1 aliphatic rings. The molecule has 7 nitrogen and oxygen atoms in total. The van der Waals surface area contributed by atoms with E-state index in [2.05, 4.69) is 23.9 Å². The van der Waals surface area contributed by atoms with E-state index in [4.69, 9.17) is 0 Å². The fraction of sp³-hybridized carbons (Fsp3) is 0.440. The summed E-state index contributed by atoms with van der Waals surface area (Å²) in [6, 6.07) is 11.4. The molecule has 178 valence electrons. The van der Waals surface area contributed by atoms with E-state index >= 15 is 0 Å². The summed E-state index contributed by atoms with van der Waals surface area (Å²) in [6.45, 7) is 9.91. The van der Waals surface area contributed by atoms with Gasteiger partial charge in [-0.1, -0.05) is 39.8 Å². The lowest BCUT2D eigenvalue weighted by Crippen LogP contribution is -2.47. The van der Waals surface area contributed by atoms with E-state index in [1.165, 1.54) is 13.0 Å². The highest BCUT2D eigenvalue weighted by Gasteiger charge is 2.30. The van der Waals surface area contributed by atoms with Gasteiger partial charge in [0.15, 0.2) is 0 Å². The number of nitrogens with zero attached hydrogens (tertiary/aromatic N) is 1. The molecular weight excluding hydrogens is 438 g/mol. The van der Waals surface area contributed by atoms with Crippen LogP contribution in [0.1, 0.15) is 58.1 Å². The van der Waals surface area contributed by atoms with E-state index in [0.29, 0.717) is 24.6 Å². The van der Waals surface area contributed by atoms with Gasteiger partial charge in [0.25, 0.3) is 0 Å². The number of benzene rings is 2. The largest absolute Gasteiger partial charge is 0.325 e. The fourth-order valence-corrected chi connectivity index (χ4v) is 5.36. The SMILES string of the molecule is CC(=O)N1CCCc2cc(S(=O)(=O)N[C@H](C(=O)Nc3ccc(C(C)C)cc3)C(C)C)ccc21. The van der Waals surface area contributed by atoms with Gasteiger partial charge in [0.05, 0.1) is 4.90 Å². The molecule has 2 amide bonds. The number of hydrogen-bond acceptors (Lipinski definition) is 4. The Morgan fingerprint density at radius 1 is 1.00 bits per heavy atom. The number of carbonyl (C=O) groups excluding carboxylic acids is 2. The molecule has 0 bridgehead atoms. The lowest BCUT2D eigenvalue weighted by molar-refractivity contribution is -0.118. The van der Waals surface area contributed by atoms with Crippen molar-refractivity contribution in [1.82, 2.24) is 4.72 Å². The van der Waals surface area contributed by atoms with Gasteiger partial charge in [-0.05, 0) is 66.1 Å². The molecule has 0 unspecified atom stereocenters. The van der Waals surface area contributed by atoms with Crippen molar-refractivity contribution in [3.8, 4) is 0 Å². The maximum atomic E-state index is 13.2. The highest BCUT2D eigenvalue weighted by molar-refractivity contribution is 7.89. The lowest BCUT2D eigenvalue weighted by atomic mass is 10.0. The summed E-state index contributed by atoms with van der Waals surface area (Å²) in [5.74, 6) is -0.362. The minimum absolute atomic E-state index is 0.0670. The topological polar surface area (TPSA) is 95.6 Å². The molecule has 0 saturated heterocycles. The Morgan fingerprint density at radius 3 is 2.24 bits per heavy atom. The maximum absolute atomic E-state index is 13.2. The number of rotatable bonds is 7. The summed E-state index contributed by atoms with van der Waals surface area (Å²) >= 11 is 0. The summed E-state index contributed by atoms with van der Waals surface area (Å²) in [5.41, 5.74) is 3.34. The number of carbonyl (C=O) groups is 2. The van der Waals surface area contributed by atoms with Crippen molar-refractivity contribution in [2.24, 2.45) is 5.92 Å². The van der Waals surface area contributed by atoms with Gasteiger partial charge in [0, 0.05) is 24.8 Å². The van der Waals surface area contributed by atoms with Crippen LogP contribution in [0.5, 0.6) is 0 Å². The number of nitrogens with one attached hydrogen (secondary N) is 2. The minimum atomic E-state index is -3.95. The Kier molecular flexibility index (Phi) is 7.59. The summed E-state index contributed by atoms with van der Waals surface area (Å²) < 4.78 is 28.9. The molecule has 33 heavy (non-hydrogen) atoms. The predicted octanol–water partition coefficient (Wildman–Crippen LogP) is 4.05. The van der Waals surface area contributed by atoms with Crippen molar-refractivity contribution in [3.63, 3.8) is 0 Å². The van der Waals surface area contributed by atoms with Crippen molar-refractivity contribution in [2.75, 3.05) is 16.8 Å². The first-order chi connectivity index (χ1) is 15.5. The molecule has 0 spiro atoms. The van der Waals surface area contributed by atoms with Crippen molar-refractivity contribution in [3.05, 3.63) is 53.6 Å². The van der Waals surface area contributed by atoms with E-state index in [0.717, 1.165) is 23.2 Å². The number of fused-ring (bicyclic) bond motifs is 1. The van der Waals surface area contributed by atoms with Crippen LogP contribution in [0.3, 0.4) is 0 Å². The second kappa shape index (κ2) is 10.1. The van der Waals surface area contributed by atoms with Gasteiger partial charge in [-0.25, -0.2) is 8.42 Å². The predicted molar refractivity (Wildman–Crippen MR) is 131 cm³/mol. The maximum Gasteiger partial charge on any atom is 0.242 e. The molecule has 0 aliphatic carbocycles. The van der Waals surface area contributed by atoms with Gasteiger partial charge in [0.1, 0.15) is 6.04 Å². The Morgan fingerprint density at radius 2 is 1.67 bits per heavy atom. The standard InChI is InChI=1S/C25H33N3O4S/c1-16(2)19-8-10-21(11-9-19)26-25(30)24(17(3)4)27-33(31,32)22-12-13-23-20(15-22)7-6-14-28(23)18(5)29/h8-13,15-17,24,27H,6-7,14H2,1-5H3,(H,26,30)/t24-/m0/s1. The Labute approximate surface area is 196 Å². The zero-order valence-corrected chi connectivity index (χ0v) is 20.7. The third-order valence-corrected chi connectivity index (χ3v) is 7.37. The third-order valence-electron chi connectivity index (χ3n) is 5.94. The highest BCUT2D eigenvalue weighted by atomic mass is 32.2. The van der Waals surface area contributed by atoms with Crippen molar-refractivity contribution >= 4 is 33.2 Å². The summed E-state index contributed by atoms with van der Waals surface area (Å²) in [5, 5.41) is 2.82. The van der Waals surface area contributed by atoms with E-state index in [-0.39, 0.29) is 16.7 Å². The van der Waals surface area contributed by atoms with Gasteiger partial charge in [-0.2, -0.15) is 4.72 Å². The van der Waals surface area contributed by atoms with Crippen LogP contribution in [0, 0.1) is 5.92 Å². The molecule has 0 aromatic heterocycles. The number of hydrogen-bond donors (Lipinski definition) is 2. The van der Waals surface area contributed by atoms with Crippen molar-refractivity contribution in [2.45, 2.75) is 64.3 Å². The second-order valence-corrected chi connectivity index (χ2v) is 10.9. The normalized spacial score (nSPS) is 14.8. The molecule has 0 radical (unpaired) electrons. The first kappa shape index (κ1) is 24.9. The van der Waals surface area contributed by atoms with Crippen LogP contribution < -0.4 is 14.9 Å². The first-order valence-electron chi connectivity index (χ1n) is 11.3. The van der Waals surface area contributed by atoms with Crippen LogP contribution in [-0.4, -0.2) is 32.8 Å². The number of amides is 2. The number of sulfonamides is 1. The zero-order chi connectivity index (χ0) is 24.3.